The van der Waals surface area contributed by atoms with Gasteiger partial charge in [-0.15, -0.1) is 0 Å². The van der Waals surface area contributed by atoms with Crippen molar-refractivity contribution in [1.29, 1.82) is 0 Å². The summed E-state index contributed by atoms with van der Waals surface area (Å²) in [6.07, 6.45) is 2.86. The molecule has 1 aromatic carbocycles. The summed E-state index contributed by atoms with van der Waals surface area (Å²) in [5.41, 5.74) is 3.93. The number of benzene rings is 1. The summed E-state index contributed by atoms with van der Waals surface area (Å²) in [7, 11) is 0. The fourth-order valence-electron chi connectivity index (χ4n) is 2.30. The number of rotatable bonds is 6. The summed E-state index contributed by atoms with van der Waals surface area (Å²) in [5, 5.41) is 6.92. The predicted molar refractivity (Wildman–Crippen MR) is 76.2 cm³/mol. The maximum absolute atomic E-state index is 5.57. The molecule has 3 nitrogen and oxygen atoms in total. The van der Waals surface area contributed by atoms with E-state index in [2.05, 4.69) is 42.7 Å². The van der Waals surface area contributed by atoms with Gasteiger partial charge in [-0.3, -0.25) is 0 Å². The van der Waals surface area contributed by atoms with E-state index in [-0.39, 0.29) is 0 Å². The van der Waals surface area contributed by atoms with Crippen LogP contribution in [0.1, 0.15) is 24.0 Å². The zero-order chi connectivity index (χ0) is 12.8. The molecule has 100 valence electrons. The van der Waals surface area contributed by atoms with Crippen molar-refractivity contribution >= 4 is 5.69 Å². The topological polar surface area (TPSA) is 33.3 Å². The molecule has 0 bridgehead atoms. The molecule has 1 fully saturated rings. The average Bonchev–Trinajstić information content (AvgIpc) is 2.87. The molecule has 0 radical (unpaired) electrons. The second-order valence-corrected chi connectivity index (χ2v) is 5.01. The molecule has 1 aliphatic heterocycles. The Bertz CT molecular complexity index is 373. The van der Waals surface area contributed by atoms with Gasteiger partial charge in [0.15, 0.2) is 0 Å². The molecule has 0 amide bonds. The largest absolute Gasteiger partial charge is 0.384 e. The molecule has 0 aliphatic carbocycles. The van der Waals surface area contributed by atoms with Crippen LogP contribution in [0.15, 0.2) is 18.2 Å². The van der Waals surface area contributed by atoms with Gasteiger partial charge in [-0.2, -0.15) is 0 Å². The van der Waals surface area contributed by atoms with Crippen LogP contribution < -0.4 is 10.6 Å². The summed E-state index contributed by atoms with van der Waals surface area (Å²) >= 11 is 0. The molecule has 1 aliphatic rings. The highest BCUT2D eigenvalue weighted by molar-refractivity contribution is 5.53. The normalized spacial score (nSPS) is 19.1. The molecule has 2 N–H and O–H groups in total. The summed E-state index contributed by atoms with van der Waals surface area (Å²) in [6.45, 7) is 8.17. The lowest BCUT2D eigenvalue weighted by molar-refractivity contribution is 0.110. The Kier molecular flexibility index (Phi) is 5.02. The van der Waals surface area contributed by atoms with Crippen molar-refractivity contribution in [2.45, 2.75) is 32.8 Å². The van der Waals surface area contributed by atoms with Gasteiger partial charge in [0.1, 0.15) is 0 Å². The minimum Gasteiger partial charge on any atom is -0.384 e. The molecule has 1 heterocycles. The van der Waals surface area contributed by atoms with Crippen LogP contribution in [0.5, 0.6) is 0 Å². The molecule has 18 heavy (non-hydrogen) atoms. The van der Waals surface area contributed by atoms with Gasteiger partial charge in [-0.1, -0.05) is 12.1 Å². The maximum atomic E-state index is 5.57. The lowest BCUT2D eigenvalue weighted by Crippen LogP contribution is -2.30. The molecule has 3 heteroatoms. The Morgan fingerprint density at radius 2 is 2.17 bits per heavy atom. The summed E-state index contributed by atoms with van der Waals surface area (Å²) in [4.78, 5) is 0. The van der Waals surface area contributed by atoms with Gasteiger partial charge >= 0.3 is 0 Å². The van der Waals surface area contributed by atoms with Crippen molar-refractivity contribution in [2.75, 3.05) is 31.6 Å². The number of hydrogen-bond acceptors (Lipinski definition) is 3. The molecule has 2 rings (SSSR count). The first-order valence-corrected chi connectivity index (χ1v) is 6.90. The third-order valence-corrected chi connectivity index (χ3v) is 3.62. The van der Waals surface area contributed by atoms with Crippen LogP contribution in [0.25, 0.3) is 0 Å². The van der Waals surface area contributed by atoms with Gasteiger partial charge in [-0.05, 0) is 43.9 Å². The first-order valence-electron chi connectivity index (χ1n) is 6.90. The smallest absolute Gasteiger partial charge is 0.0700 e. The van der Waals surface area contributed by atoms with Crippen LogP contribution in [0, 0.1) is 13.8 Å². The van der Waals surface area contributed by atoms with Crippen LogP contribution in [0.4, 0.5) is 5.69 Å². The van der Waals surface area contributed by atoms with E-state index < -0.39 is 0 Å². The molecule has 0 saturated carbocycles. The van der Waals surface area contributed by atoms with E-state index in [1.54, 1.807) is 0 Å². The minimum absolute atomic E-state index is 0.436. The Morgan fingerprint density at radius 3 is 2.94 bits per heavy atom. The molecule has 1 aromatic rings. The zero-order valence-corrected chi connectivity index (χ0v) is 11.5. The van der Waals surface area contributed by atoms with Crippen molar-refractivity contribution in [3.05, 3.63) is 29.3 Å². The zero-order valence-electron chi connectivity index (χ0n) is 11.5. The van der Waals surface area contributed by atoms with Crippen LogP contribution in [0.2, 0.25) is 0 Å². The monoisotopic (exact) mass is 248 g/mol. The molecule has 1 atom stereocenters. The van der Waals surface area contributed by atoms with E-state index in [1.807, 2.05) is 0 Å². The van der Waals surface area contributed by atoms with Crippen molar-refractivity contribution in [2.24, 2.45) is 0 Å². The standard InChI is InChI=1S/C15H24N2O/c1-12-5-3-7-15(13(12)2)17-9-8-16-11-14-6-4-10-18-14/h3,5,7,14,16-17H,4,6,8-11H2,1-2H3. The number of ether oxygens (including phenoxy) is 1. The molecule has 0 spiro atoms. The molecule has 0 aromatic heterocycles. The summed E-state index contributed by atoms with van der Waals surface area (Å²) < 4.78 is 5.57. The van der Waals surface area contributed by atoms with Crippen molar-refractivity contribution in [3.8, 4) is 0 Å². The van der Waals surface area contributed by atoms with Gasteiger partial charge in [-0.25, -0.2) is 0 Å². The lowest BCUT2D eigenvalue weighted by atomic mass is 10.1. The first kappa shape index (κ1) is 13.4. The molecule has 1 unspecified atom stereocenters. The van der Waals surface area contributed by atoms with Gasteiger partial charge in [0.25, 0.3) is 0 Å². The Hall–Kier alpha value is -1.06. The lowest BCUT2D eigenvalue weighted by Gasteiger charge is -2.13. The average molecular weight is 248 g/mol. The van der Waals surface area contributed by atoms with Crippen molar-refractivity contribution in [3.63, 3.8) is 0 Å². The predicted octanol–water partition coefficient (Wildman–Crippen LogP) is 2.48. The van der Waals surface area contributed by atoms with Crippen molar-refractivity contribution < 1.29 is 4.74 Å². The number of hydrogen-bond donors (Lipinski definition) is 2. The second kappa shape index (κ2) is 6.76. The molecular weight excluding hydrogens is 224 g/mol. The highest BCUT2D eigenvalue weighted by Gasteiger charge is 2.14. The van der Waals surface area contributed by atoms with Gasteiger partial charge in [0.05, 0.1) is 6.10 Å². The third-order valence-electron chi connectivity index (χ3n) is 3.62. The quantitative estimate of drug-likeness (QED) is 0.759. The van der Waals surface area contributed by atoms with Crippen LogP contribution in [0.3, 0.4) is 0 Å². The number of aryl methyl sites for hydroxylation is 1. The molecular formula is C15H24N2O. The number of nitrogens with one attached hydrogen (secondary N) is 2. The van der Waals surface area contributed by atoms with Crippen LogP contribution in [-0.2, 0) is 4.74 Å². The third kappa shape index (κ3) is 3.72. The summed E-state index contributed by atoms with van der Waals surface area (Å²) in [6, 6.07) is 6.39. The SMILES string of the molecule is Cc1cccc(NCCNCC2CCCO2)c1C. The van der Waals surface area contributed by atoms with Crippen molar-refractivity contribution in [1.82, 2.24) is 5.32 Å². The van der Waals surface area contributed by atoms with Crippen LogP contribution >= 0.6 is 0 Å². The fraction of sp³-hybridized carbons (Fsp3) is 0.600. The van der Waals surface area contributed by atoms with Gasteiger partial charge in [0.2, 0.25) is 0 Å². The molecule has 1 saturated heterocycles. The maximum Gasteiger partial charge on any atom is 0.0700 e. The van der Waals surface area contributed by atoms with Gasteiger partial charge in [0, 0.05) is 31.9 Å². The van der Waals surface area contributed by atoms with E-state index in [0.717, 1.165) is 26.2 Å². The van der Waals surface area contributed by atoms with E-state index in [0.29, 0.717) is 6.10 Å². The minimum atomic E-state index is 0.436. The van der Waals surface area contributed by atoms with Crippen LogP contribution in [-0.4, -0.2) is 32.3 Å². The summed E-state index contributed by atoms with van der Waals surface area (Å²) in [5.74, 6) is 0. The number of anilines is 1. The highest BCUT2D eigenvalue weighted by Crippen LogP contribution is 2.17. The van der Waals surface area contributed by atoms with E-state index in [4.69, 9.17) is 4.74 Å². The Labute approximate surface area is 110 Å². The van der Waals surface area contributed by atoms with E-state index in [1.165, 1.54) is 29.7 Å². The fourth-order valence-corrected chi connectivity index (χ4v) is 2.30. The van der Waals surface area contributed by atoms with Gasteiger partial charge < -0.3 is 15.4 Å². The Morgan fingerprint density at radius 1 is 1.28 bits per heavy atom. The Balaban J connectivity index is 1.64. The second-order valence-electron chi connectivity index (χ2n) is 5.01. The first-order chi connectivity index (χ1) is 8.77. The van der Waals surface area contributed by atoms with E-state index in [9.17, 15) is 0 Å². The van der Waals surface area contributed by atoms with E-state index >= 15 is 0 Å². The highest BCUT2D eigenvalue weighted by atomic mass is 16.5.